The first kappa shape index (κ1) is 24.4. The lowest BCUT2D eigenvalue weighted by Crippen LogP contribution is -2.14. The van der Waals surface area contributed by atoms with Crippen molar-refractivity contribution in [3.05, 3.63) is 87.2 Å². The smallest absolute Gasteiger partial charge is 0.275 e. The second-order valence-electron chi connectivity index (χ2n) is 8.08. The SMILES string of the molecule is Cc1nn(C)cc1-c1cc(C(F)(F)F)nc(-n2nc(-c3ccc(Br)cc3)cc2-c2ccc(Br)cc2)n1. The van der Waals surface area contributed by atoms with Gasteiger partial charge in [0.1, 0.15) is 0 Å². The zero-order valence-electron chi connectivity index (χ0n) is 18.9. The normalized spacial score (nSPS) is 11.8. The van der Waals surface area contributed by atoms with E-state index in [0.29, 0.717) is 22.6 Å². The molecule has 0 spiro atoms. The highest BCUT2D eigenvalue weighted by molar-refractivity contribution is 9.10. The van der Waals surface area contributed by atoms with E-state index in [9.17, 15) is 13.2 Å². The summed E-state index contributed by atoms with van der Waals surface area (Å²) in [5.41, 5.74) is 2.75. The van der Waals surface area contributed by atoms with Gasteiger partial charge in [0.05, 0.1) is 22.8 Å². The van der Waals surface area contributed by atoms with Crippen LogP contribution in [0.2, 0.25) is 0 Å². The van der Waals surface area contributed by atoms with Crippen molar-refractivity contribution in [2.45, 2.75) is 13.1 Å². The van der Waals surface area contributed by atoms with E-state index >= 15 is 0 Å². The van der Waals surface area contributed by atoms with Crippen LogP contribution >= 0.6 is 31.9 Å². The van der Waals surface area contributed by atoms with E-state index in [2.05, 4.69) is 52.0 Å². The lowest BCUT2D eigenvalue weighted by Gasteiger charge is -2.12. The molecule has 0 saturated carbocycles. The quantitative estimate of drug-likeness (QED) is 0.213. The molecule has 3 heterocycles. The summed E-state index contributed by atoms with van der Waals surface area (Å²) >= 11 is 6.84. The molecular weight excluding hydrogens is 601 g/mol. The number of halogens is 5. The first-order valence-electron chi connectivity index (χ1n) is 10.7. The topological polar surface area (TPSA) is 61.4 Å². The summed E-state index contributed by atoms with van der Waals surface area (Å²) < 4.78 is 46.4. The minimum absolute atomic E-state index is 0.111. The highest BCUT2D eigenvalue weighted by Crippen LogP contribution is 2.34. The van der Waals surface area contributed by atoms with Crippen LogP contribution in [-0.2, 0) is 13.2 Å². The van der Waals surface area contributed by atoms with E-state index in [1.807, 2.05) is 54.6 Å². The number of hydrogen-bond acceptors (Lipinski definition) is 4. The van der Waals surface area contributed by atoms with Crippen molar-refractivity contribution in [2.75, 3.05) is 0 Å². The third-order valence-corrected chi connectivity index (χ3v) is 6.53. The molecule has 5 aromatic rings. The number of aryl methyl sites for hydroxylation is 2. The molecule has 2 aromatic carbocycles. The van der Waals surface area contributed by atoms with Crippen LogP contribution in [0.5, 0.6) is 0 Å². The van der Waals surface area contributed by atoms with Crippen molar-refractivity contribution in [1.29, 1.82) is 0 Å². The molecule has 0 aliphatic heterocycles. The molecule has 0 unspecified atom stereocenters. The Hall–Kier alpha value is -3.31. The Labute approximate surface area is 221 Å². The van der Waals surface area contributed by atoms with Gasteiger partial charge in [-0.1, -0.05) is 56.1 Å². The molecule has 0 bridgehead atoms. The monoisotopic (exact) mass is 616 g/mol. The number of nitrogens with zero attached hydrogens (tertiary/aromatic N) is 6. The van der Waals surface area contributed by atoms with Crippen molar-refractivity contribution in [3.63, 3.8) is 0 Å². The van der Waals surface area contributed by atoms with Crippen molar-refractivity contribution in [2.24, 2.45) is 7.05 Å². The first-order valence-corrected chi connectivity index (χ1v) is 12.3. The van der Waals surface area contributed by atoms with Crippen LogP contribution in [-0.4, -0.2) is 29.5 Å². The van der Waals surface area contributed by atoms with Gasteiger partial charge in [-0.25, -0.2) is 9.97 Å². The van der Waals surface area contributed by atoms with Gasteiger partial charge in [-0.05, 0) is 43.3 Å². The molecule has 5 rings (SSSR count). The summed E-state index contributed by atoms with van der Waals surface area (Å²) in [5.74, 6) is -0.190. The molecule has 0 aliphatic carbocycles. The number of alkyl halides is 3. The first-order chi connectivity index (χ1) is 17.1. The Bertz CT molecular complexity index is 1550. The molecule has 6 nitrogen and oxygen atoms in total. The predicted octanol–water partition coefficient (Wildman–Crippen LogP) is 7.25. The highest BCUT2D eigenvalue weighted by Gasteiger charge is 2.34. The highest BCUT2D eigenvalue weighted by atomic mass is 79.9. The summed E-state index contributed by atoms with van der Waals surface area (Å²) in [5, 5.41) is 8.89. The molecule has 0 aliphatic rings. The second kappa shape index (κ2) is 9.29. The van der Waals surface area contributed by atoms with Gasteiger partial charge in [0.15, 0.2) is 5.69 Å². The van der Waals surface area contributed by atoms with E-state index in [4.69, 9.17) is 0 Å². The Morgan fingerprint density at radius 2 is 1.39 bits per heavy atom. The molecule has 0 saturated heterocycles. The van der Waals surface area contributed by atoms with Gasteiger partial charge in [-0.3, -0.25) is 4.68 Å². The Kier molecular flexibility index (Phi) is 6.29. The summed E-state index contributed by atoms with van der Waals surface area (Å²) in [6.07, 6.45) is -3.05. The molecule has 0 radical (unpaired) electrons. The van der Waals surface area contributed by atoms with Gasteiger partial charge in [-0.15, -0.1) is 0 Å². The van der Waals surface area contributed by atoms with Gasteiger partial charge >= 0.3 is 6.18 Å². The van der Waals surface area contributed by atoms with E-state index in [0.717, 1.165) is 26.1 Å². The van der Waals surface area contributed by atoms with Crippen molar-refractivity contribution < 1.29 is 13.2 Å². The molecular formula is C25H17Br2F3N6. The van der Waals surface area contributed by atoms with Crippen LogP contribution < -0.4 is 0 Å². The van der Waals surface area contributed by atoms with E-state index in [1.54, 1.807) is 20.2 Å². The fourth-order valence-electron chi connectivity index (χ4n) is 3.79. The van der Waals surface area contributed by atoms with Crippen LogP contribution in [0.3, 0.4) is 0 Å². The minimum atomic E-state index is -4.68. The van der Waals surface area contributed by atoms with Crippen LogP contribution in [0.1, 0.15) is 11.4 Å². The molecule has 182 valence electrons. The van der Waals surface area contributed by atoms with Gasteiger partial charge in [0.25, 0.3) is 5.95 Å². The second-order valence-corrected chi connectivity index (χ2v) is 9.91. The fourth-order valence-corrected chi connectivity index (χ4v) is 4.31. The van der Waals surface area contributed by atoms with Gasteiger partial charge < -0.3 is 0 Å². The average molecular weight is 618 g/mol. The maximum Gasteiger partial charge on any atom is 0.433 e. The molecule has 0 N–H and O–H groups in total. The largest absolute Gasteiger partial charge is 0.433 e. The van der Waals surface area contributed by atoms with E-state index in [1.165, 1.54) is 9.36 Å². The molecule has 3 aromatic heterocycles. The minimum Gasteiger partial charge on any atom is -0.275 e. The Balaban J connectivity index is 1.76. The fraction of sp³-hybridized carbons (Fsp3) is 0.120. The third-order valence-electron chi connectivity index (χ3n) is 5.47. The molecule has 0 amide bonds. The predicted molar refractivity (Wildman–Crippen MR) is 137 cm³/mol. The van der Waals surface area contributed by atoms with Crippen molar-refractivity contribution in [3.8, 4) is 39.7 Å². The maximum atomic E-state index is 13.9. The Morgan fingerprint density at radius 1 is 0.778 bits per heavy atom. The summed E-state index contributed by atoms with van der Waals surface area (Å²) in [4.78, 5) is 8.39. The zero-order chi connectivity index (χ0) is 25.6. The lowest BCUT2D eigenvalue weighted by molar-refractivity contribution is -0.141. The van der Waals surface area contributed by atoms with E-state index < -0.39 is 11.9 Å². The number of benzene rings is 2. The van der Waals surface area contributed by atoms with Crippen molar-refractivity contribution >= 4 is 31.9 Å². The van der Waals surface area contributed by atoms with Crippen LogP contribution in [0.25, 0.3) is 39.7 Å². The maximum absolute atomic E-state index is 13.9. The molecule has 0 atom stereocenters. The van der Waals surface area contributed by atoms with Gasteiger partial charge in [0.2, 0.25) is 0 Å². The van der Waals surface area contributed by atoms with Crippen LogP contribution in [0, 0.1) is 6.92 Å². The number of rotatable bonds is 4. The summed E-state index contributed by atoms with van der Waals surface area (Å²) in [6, 6.07) is 17.6. The van der Waals surface area contributed by atoms with Gasteiger partial charge in [0, 0.05) is 38.9 Å². The van der Waals surface area contributed by atoms with E-state index in [-0.39, 0.29) is 11.6 Å². The zero-order valence-corrected chi connectivity index (χ0v) is 22.1. The summed E-state index contributed by atoms with van der Waals surface area (Å²) in [6.45, 7) is 1.72. The van der Waals surface area contributed by atoms with Crippen LogP contribution in [0.15, 0.2) is 75.8 Å². The summed E-state index contributed by atoms with van der Waals surface area (Å²) in [7, 11) is 1.70. The van der Waals surface area contributed by atoms with Gasteiger partial charge in [-0.2, -0.15) is 28.1 Å². The molecule has 36 heavy (non-hydrogen) atoms. The standard InChI is InChI=1S/C25H17Br2F3N6/c1-14-19(13-35(2)33-14)21-12-23(25(28,29)30)32-24(31-21)36-22(16-5-9-18(27)10-6-16)11-20(34-36)15-3-7-17(26)8-4-15/h3-13H,1-2H3. The average Bonchev–Trinajstić information content (AvgIpc) is 3.42. The van der Waals surface area contributed by atoms with Crippen molar-refractivity contribution in [1.82, 2.24) is 29.5 Å². The Morgan fingerprint density at radius 3 is 1.94 bits per heavy atom. The lowest BCUT2D eigenvalue weighted by atomic mass is 10.1. The number of hydrogen-bond donors (Lipinski definition) is 0. The molecule has 11 heteroatoms. The van der Waals surface area contributed by atoms with Crippen LogP contribution in [0.4, 0.5) is 13.2 Å². The molecule has 0 fully saturated rings. The number of aromatic nitrogens is 6. The third kappa shape index (κ3) is 4.85.